The normalized spacial score (nSPS) is 15.1. The molecule has 0 amide bonds. The van der Waals surface area contributed by atoms with Gasteiger partial charge >= 0.3 is 5.97 Å². The summed E-state index contributed by atoms with van der Waals surface area (Å²) >= 11 is 5.78. The molecule has 0 spiro atoms. The van der Waals surface area contributed by atoms with E-state index in [0.29, 0.717) is 21.7 Å². The highest BCUT2D eigenvalue weighted by atomic mass is 35.5. The Bertz CT molecular complexity index is 730. The SMILES string of the molecule is O=C(C=C1OC(=O)c2ccccc21)c1ccc(Cl)cc1. The third-order valence-corrected chi connectivity index (χ3v) is 3.26. The maximum Gasteiger partial charge on any atom is 0.344 e. The zero-order chi connectivity index (χ0) is 14.1. The van der Waals surface area contributed by atoms with Crippen LogP contribution in [0.2, 0.25) is 5.02 Å². The van der Waals surface area contributed by atoms with E-state index in [-0.39, 0.29) is 11.5 Å². The average molecular weight is 285 g/mol. The molecule has 2 aromatic rings. The molecule has 0 aliphatic carbocycles. The van der Waals surface area contributed by atoms with E-state index < -0.39 is 5.97 Å². The van der Waals surface area contributed by atoms with E-state index in [1.165, 1.54) is 6.08 Å². The lowest BCUT2D eigenvalue weighted by molar-refractivity contribution is 0.0715. The zero-order valence-corrected chi connectivity index (χ0v) is 11.1. The monoisotopic (exact) mass is 284 g/mol. The fourth-order valence-corrected chi connectivity index (χ4v) is 2.14. The summed E-state index contributed by atoms with van der Waals surface area (Å²) in [5, 5.41) is 0.562. The Morgan fingerprint density at radius 3 is 2.35 bits per heavy atom. The Labute approximate surface area is 120 Å². The van der Waals surface area contributed by atoms with Crippen molar-refractivity contribution in [2.24, 2.45) is 0 Å². The van der Waals surface area contributed by atoms with Crippen molar-refractivity contribution >= 4 is 29.1 Å². The van der Waals surface area contributed by atoms with Gasteiger partial charge in [0.2, 0.25) is 0 Å². The maximum absolute atomic E-state index is 12.1. The molecule has 0 bridgehead atoms. The number of halogens is 1. The van der Waals surface area contributed by atoms with E-state index in [1.54, 1.807) is 48.5 Å². The van der Waals surface area contributed by atoms with Gasteiger partial charge in [-0.1, -0.05) is 29.8 Å². The Balaban J connectivity index is 1.96. The van der Waals surface area contributed by atoms with E-state index in [2.05, 4.69) is 0 Å². The minimum Gasteiger partial charge on any atom is -0.422 e. The van der Waals surface area contributed by atoms with Crippen LogP contribution in [0, 0.1) is 0 Å². The van der Waals surface area contributed by atoms with Gasteiger partial charge in [0.15, 0.2) is 5.78 Å². The van der Waals surface area contributed by atoms with Gasteiger partial charge in [0, 0.05) is 22.2 Å². The highest BCUT2D eigenvalue weighted by Gasteiger charge is 2.26. The van der Waals surface area contributed by atoms with Gasteiger partial charge in [-0.2, -0.15) is 0 Å². The molecule has 3 rings (SSSR count). The number of ether oxygens (including phenoxy) is 1. The molecule has 1 heterocycles. The van der Waals surface area contributed by atoms with E-state index in [4.69, 9.17) is 16.3 Å². The molecule has 0 atom stereocenters. The molecule has 1 aliphatic heterocycles. The van der Waals surface area contributed by atoms with Crippen LogP contribution >= 0.6 is 11.6 Å². The largest absolute Gasteiger partial charge is 0.422 e. The number of esters is 1. The minimum absolute atomic E-state index is 0.235. The van der Waals surface area contributed by atoms with Gasteiger partial charge in [0.25, 0.3) is 0 Å². The van der Waals surface area contributed by atoms with Crippen LogP contribution in [0.4, 0.5) is 0 Å². The third kappa shape index (κ3) is 2.24. The van der Waals surface area contributed by atoms with Crippen LogP contribution in [0.3, 0.4) is 0 Å². The number of carbonyl (C=O) groups is 2. The average Bonchev–Trinajstić information content (AvgIpc) is 2.77. The summed E-state index contributed by atoms with van der Waals surface area (Å²) in [6.07, 6.45) is 1.33. The predicted octanol–water partition coefficient (Wildman–Crippen LogP) is 3.73. The molecule has 20 heavy (non-hydrogen) atoms. The summed E-state index contributed by atoms with van der Waals surface area (Å²) in [7, 11) is 0. The summed E-state index contributed by atoms with van der Waals surface area (Å²) in [5.41, 5.74) is 1.60. The Morgan fingerprint density at radius 1 is 1.00 bits per heavy atom. The van der Waals surface area contributed by atoms with E-state index in [1.807, 2.05) is 0 Å². The van der Waals surface area contributed by atoms with Gasteiger partial charge in [0.1, 0.15) is 5.76 Å². The number of hydrogen-bond acceptors (Lipinski definition) is 3. The highest BCUT2D eigenvalue weighted by Crippen LogP contribution is 2.29. The minimum atomic E-state index is -0.434. The van der Waals surface area contributed by atoms with Crippen LogP contribution in [0.15, 0.2) is 54.6 Å². The van der Waals surface area contributed by atoms with Crippen LogP contribution < -0.4 is 0 Å². The molecule has 0 aromatic heterocycles. The van der Waals surface area contributed by atoms with Crippen molar-refractivity contribution in [1.29, 1.82) is 0 Å². The number of allylic oxidation sites excluding steroid dienone is 1. The van der Waals surface area contributed by atoms with Crippen molar-refractivity contribution < 1.29 is 14.3 Å². The number of carbonyl (C=O) groups excluding carboxylic acids is 2. The highest BCUT2D eigenvalue weighted by molar-refractivity contribution is 6.30. The first kappa shape index (κ1) is 12.6. The lowest BCUT2D eigenvalue weighted by Crippen LogP contribution is -1.96. The van der Waals surface area contributed by atoms with Crippen LogP contribution in [-0.2, 0) is 4.74 Å². The van der Waals surface area contributed by atoms with Gasteiger partial charge in [-0.25, -0.2) is 4.79 Å². The lowest BCUT2D eigenvalue weighted by Gasteiger charge is -1.99. The van der Waals surface area contributed by atoms with Crippen LogP contribution in [0.25, 0.3) is 5.76 Å². The van der Waals surface area contributed by atoms with Crippen molar-refractivity contribution in [3.63, 3.8) is 0 Å². The molecule has 0 saturated carbocycles. The topological polar surface area (TPSA) is 43.4 Å². The second kappa shape index (κ2) is 4.94. The first-order valence-electron chi connectivity index (χ1n) is 5.98. The quantitative estimate of drug-likeness (QED) is 0.479. The summed E-state index contributed by atoms with van der Waals surface area (Å²) in [4.78, 5) is 23.8. The summed E-state index contributed by atoms with van der Waals surface area (Å²) in [6, 6.07) is 13.5. The lowest BCUT2D eigenvalue weighted by atomic mass is 10.1. The first-order chi connectivity index (χ1) is 9.65. The molecule has 0 saturated heterocycles. The molecule has 2 aromatic carbocycles. The molecule has 0 unspecified atom stereocenters. The smallest absolute Gasteiger partial charge is 0.344 e. The zero-order valence-electron chi connectivity index (χ0n) is 10.3. The third-order valence-electron chi connectivity index (χ3n) is 3.01. The molecule has 0 N–H and O–H groups in total. The molecule has 1 aliphatic rings. The van der Waals surface area contributed by atoms with E-state index in [9.17, 15) is 9.59 Å². The first-order valence-corrected chi connectivity index (χ1v) is 6.36. The standard InChI is InChI=1S/C16H9ClO3/c17-11-7-5-10(6-8-11)14(18)9-15-12-3-1-2-4-13(12)16(19)20-15/h1-9H. The summed E-state index contributed by atoms with van der Waals surface area (Å²) in [5.74, 6) is -0.387. The van der Waals surface area contributed by atoms with Gasteiger partial charge in [-0.15, -0.1) is 0 Å². The van der Waals surface area contributed by atoms with E-state index >= 15 is 0 Å². The molecular formula is C16H9ClO3. The van der Waals surface area contributed by atoms with Crippen molar-refractivity contribution in [2.75, 3.05) is 0 Å². The number of rotatable bonds is 2. The Hall–Kier alpha value is -2.39. The number of benzene rings is 2. The Kier molecular flexibility index (Phi) is 3.12. The van der Waals surface area contributed by atoms with Crippen LogP contribution in [0.5, 0.6) is 0 Å². The summed E-state index contributed by atoms with van der Waals surface area (Å²) in [6.45, 7) is 0. The number of cyclic esters (lactones) is 1. The summed E-state index contributed by atoms with van der Waals surface area (Å²) < 4.78 is 5.12. The second-order valence-corrected chi connectivity index (χ2v) is 4.75. The molecular weight excluding hydrogens is 276 g/mol. The molecule has 0 radical (unpaired) electrons. The van der Waals surface area contributed by atoms with Gasteiger partial charge in [-0.05, 0) is 30.3 Å². The number of hydrogen-bond donors (Lipinski definition) is 0. The number of fused-ring (bicyclic) bond motifs is 1. The van der Waals surface area contributed by atoms with E-state index in [0.717, 1.165) is 0 Å². The second-order valence-electron chi connectivity index (χ2n) is 4.31. The molecule has 0 fully saturated rings. The fraction of sp³-hybridized carbons (Fsp3) is 0. The molecule has 98 valence electrons. The van der Waals surface area contributed by atoms with Gasteiger partial charge in [-0.3, -0.25) is 4.79 Å². The van der Waals surface area contributed by atoms with Crippen LogP contribution in [-0.4, -0.2) is 11.8 Å². The van der Waals surface area contributed by atoms with Crippen molar-refractivity contribution in [1.82, 2.24) is 0 Å². The molecule has 3 nitrogen and oxygen atoms in total. The van der Waals surface area contributed by atoms with Crippen molar-refractivity contribution in [3.8, 4) is 0 Å². The Morgan fingerprint density at radius 2 is 1.65 bits per heavy atom. The number of ketones is 1. The predicted molar refractivity (Wildman–Crippen MR) is 75.6 cm³/mol. The van der Waals surface area contributed by atoms with Crippen molar-refractivity contribution in [3.05, 3.63) is 76.3 Å². The van der Waals surface area contributed by atoms with Crippen LogP contribution in [0.1, 0.15) is 26.3 Å². The van der Waals surface area contributed by atoms with Gasteiger partial charge in [0.05, 0.1) is 5.56 Å². The van der Waals surface area contributed by atoms with Gasteiger partial charge < -0.3 is 4.74 Å². The van der Waals surface area contributed by atoms with Crippen molar-refractivity contribution in [2.45, 2.75) is 0 Å². The molecule has 4 heteroatoms. The fourth-order valence-electron chi connectivity index (χ4n) is 2.01. The maximum atomic E-state index is 12.1.